The molecule has 194 valence electrons. The van der Waals surface area contributed by atoms with Crippen molar-refractivity contribution in [3.63, 3.8) is 0 Å². The fourth-order valence-corrected chi connectivity index (χ4v) is 4.14. The number of rotatable bonds is 13. The molecule has 3 amide bonds. The molecule has 0 aromatic heterocycles. The summed E-state index contributed by atoms with van der Waals surface area (Å²) in [7, 11) is 0. The number of carbonyl (C=O) groups is 4. The summed E-state index contributed by atoms with van der Waals surface area (Å²) in [5.41, 5.74) is 1.04. The molecule has 4 N–H and O–H groups in total. The zero-order valence-corrected chi connectivity index (χ0v) is 21.1. The first-order chi connectivity index (χ1) is 16.7. The maximum absolute atomic E-state index is 13.3. The first-order valence-corrected chi connectivity index (χ1v) is 12.5. The van der Waals surface area contributed by atoms with E-state index in [9.17, 15) is 19.2 Å². The van der Waals surface area contributed by atoms with Gasteiger partial charge in [0, 0.05) is 0 Å². The summed E-state index contributed by atoms with van der Waals surface area (Å²) < 4.78 is 0. The molecule has 3 atom stereocenters. The van der Waals surface area contributed by atoms with Crippen LogP contribution >= 0.6 is 0 Å². The van der Waals surface area contributed by atoms with Gasteiger partial charge in [-0.3, -0.25) is 24.1 Å². The summed E-state index contributed by atoms with van der Waals surface area (Å²) in [5.74, 6) is -2.29. The molecule has 0 bridgehead atoms. The molecular weight excluding hydrogens is 448 g/mol. The zero-order valence-electron chi connectivity index (χ0n) is 21.1. The standard InChI is InChI=1S/C26H40N4O5/c1-18(2)16-22(25(33)27-19(3)26(34)35)29-24(32)21(13-12-20-10-6-4-7-11-20)28-23(31)17-30-14-8-5-9-15-30/h4,6-7,10-11,18-19,21-22H,5,8-9,12-17H2,1-3H3,(H,27,33)(H,28,31)(H,29,32)(H,34,35)/t19-,21-,22-/m0/s1. The van der Waals surface area contributed by atoms with E-state index in [0.29, 0.717) is 19.3 Å². The topological polar surface area (TPSA) is 128 Å². The summed E-state index contributed by atoms with van der Waals surface area (Å²) in [4.78, 5) is 52.0. The molecule has 1 aliphatic rings. The van der Waals surface area contributed by atoms with Crippen molar-refractivity contribution in [3.05, 3.63) is 35.9 Å². The normalized spacial score (nSPS) is 16.7. The zero-order chi connectivity index (χ0) is 25.8. The minimum Gasteiger partial charge on any atom is -0.480 e. The van der Waals surface area contributed by atoms with Crippen LogP contribution in [-0.2, 0) is 25.6 Å². The van der Waals surface area contributed by atoms with Crippen LogP contribution in [0.15, 0.2) is 30.3 Å². The number of hydrogen-bond donors (Lipinski definition) is 4. The predicted molar refractivity (Wildman–Crippen MR) is 134 cm³/mol. The Hall–Kier alpha value is -2.94. The lowest BCUT2D eigenvalue weighted by Gasteiger charge is -2.28. The average molecular weight is 489 g/mol. The summed E-state index contributed by atoms with van der Waals surface area (Å²) in [5, 5.41) is 17.2. The monoisotopic (exact) mass is 488 g/mol. The lowest BCUT2D eigenvalue weighted by Crippen LogP contribution is -2.56. The van der Waals surface area contributed by atoms with Crippen molar-refractivity contribution in [2.24, 2.45) is 5.92 Å². The van der Waals surface area contributed by atoms with E-state index in [1.165, 1.54) is 13.3 Å². The van der Waals surface area contributed by atoms with Gasteiger partial charge in [0.25, 0.3) is 0 Å². The molecule has 1 fully saturated rings. The number of hydrogen-bond acceptors (Lipinski definition) is 5. The van der Waals surface area contributed by atoms with Gasteiger partial charge in [0.1, 0.15) is 18.1 Å². The van der Waals surface area contributed by atoms with Crippen LogP contribution in [0.5, 0.6) is 0 Å². The third-order valence-corrected chi connectivity index (χ3v) is 6.10. The highest BCUT2D eigenvalue weighted by atomic mass is 16.4. The predicted octanol–water partition coefficient (Wildman–Crippen LogP) is 1.71. The van der Waals surface area contributed by atoms with E-state index in [1.807, 2.05) is 44.2 Å². The van der Waals surface area contributed by atoms with Gasteiger partial charge in [0.2, 0.25) is 17.7 Å². The van der Waals surface area contributed by atoms with Gasteiger partial charge in [0.05, 0.1) is 6.54 Å². The third kappa shape index (κ3) is 10.5. The highest BCUT2D eigenvalue weighted by Gasteiger charge is 2.29. The Morgan fingerprint density at radius 1 is 0.886 bits per heavy atom. The molecule has 1 aromatic rings. The Balaban J connectivity index is 2.09. The van der Waals surface area contributed by atoms with Crippen LogP contribution in [0.4, 0.5) is 0 Å². The van der Waals surface area contributed by atoms with E-state index in [2.05, 4.69) is 20.9 Å². The number of carbonyl (C=O) groups excluding carboxylic acids is 3. The van der Waals surface area contributed by atoms with Crippen LogP contribution in [0, 0.1) is 5.92 Å². The van der Waals surface area contributed by atoms with Crippen molar-refractivity contribution in [2.75, 3.05) is 19.6 Å². The average Bonchev–Trinajstić information content (AvgIpc) is 2.82. The molecular formula is C26H40N4O5. The minimum absolute atomic E-state index is 0.0858. The van der Waals surface area contributed by atoms with Gasteiger partial charge in [0.15, 0.2) is 0 Å². The van der Waals surface area contributed by atoms with Crippen LogP contribution in [0.2, 0.25) is 0 Å². The molecule has 2 rings (SSSR count). The van der Waals surface area contributed by atoms with Gasteiger partial charge in [-0.25, -0.2) is 0 Å². The highest BCUT2D eigenvalue weighted by Crippen LogP contribution is 2.10. The van der Waals surface area contributed by atoms with Crippen LogP contribution in [0.3, 0.4) is 0 Å². The first-order valence-electron chi connectivity index (χ1n) is 12.5. The number of nitrogens with zero attached hydrogens (tertiary/aromatic N) is 1. The molecule has 0 aliphatic carbocycles. The maximum Gasteiger partial charge on any atom is 0.325 e. The number of benzene rings is 1. The summed E-state index contributed by atoms with van der Waals surface area (Å²) in [6.07, 6.45) is 4.60. The molecule has 0 spiro atoms. The van der Waals surface area contributed by atoms with Gasteiger partial charge < -0.3 is 21.1 Å². The molecule has 9 nitrogen and oxygen atoms in total. The molecule has 0 unspecified atom stereocenters. The molecule has 1 heterocycles. The molecule has 0 saturated carbocycles. The van der Waals surface area contributed by atoms with E-state index < -0.39 is 35.9 Å². The van der Waals surface area contributed by atoms with Crippen molar-refractivity contribution < 1.29 is 24.3 Å². The van der Waals surface area contributed by atoms with E-state index in [1.54, 1.807) is 0 Å². The van der Waals surface area contributed by atoms with Gasteiger partial charge >= 0.3 is 5.97 Å². The third-order valence-electron chi connectivity index (χ3n) is 6.10. The van der Waals surface area contributed by atoms with Crippen LogP contribution in [0.25, 0.3) is 0 Å². The van der Waals surface area contributed by atoms with Gasteiger partial charge in [-0.15, -0.1) is 0 Å². The second-order valence-corrected chi connectivity index (χ2v) is 9.74. The number of carboxylic acid groups (broad SMARTS) is 1. The summed E-state index contributed by atoms with van der Waals surface area (Å²) >= 11 is 0. The number of amides is 3. The lowest BCUT2D eigenvalue weighted by atomic mass is 10.0. The van der Waals surface area contributed by atoms with Gasteiger partial charge in [-0.05, 0) is 63.6 Å². The van der Waals surface area contributed by atoms with Crippen LogP contribution in [-0.4, -0.2) is 71.5 Å². The minimum atomic E-state index is -1.15. The number of carboxylic acids is 1. The maximum atomic E-state index is 13.3. The van der Waals surface area contributed by atoms with Crippen molar-refractivity contribution >= 4 is 23.7 Å². The van der Waals surface area contributed by atoms with Crippen molar-refractivity contribution in [2.45, 2.75) is 77.4 Å². The molecule has 1 aromatic carbocycles. The number of piperidine rings is 1. The van der Waals surface area contributed by atoms with Crippen molar-refractivity contribution in [1.82, 2.24) is 20.9 Å². The van der Waals surface area contributed by atoms with Crippen molar-refractivity contribution in [3.8, 4) is 0 Å². The van der Waals surface area contributed by atoms with E-state index in [-0.39, 0.29) is 18.4 Å². The Kier molecular flexibility index (Phi) is 11.7. The summed E-state index contributed by atoms with van der Waals surface area (Å²) in [6.45, 7) is 7.18. The Bertz CT molecular complexity index is 839. The fourth-order valence-electron chi connectivity index (χ4n) is 4.14. The van der Waals surface area contributed by atoms with Crippen LogP contribution in [0.1, 0.15) is 58.4 Å². The number of aryl methyl sites for hydroxylation is 1. The summed E-state index contributed by atoms with van der Waals surface area (Å²) in [6, 6.07) is 6.90. The van der Waals surface area contributed by atoms with Crippen LogP contribution < -0.4 is 16.0 Å². The fraction of sp³-hybridized carbons (Fsp3) is 0.615. The molecule has 9 heteroatoms. The first kappa shape index (κ1) is 28.3. The quantitative estimate of drug-likeness (QED) is 0.335. The van der Waals surface area contributed by atoms with Crippen molar-refractivity contribution in [1.29, 1.82) is 0 Å². The molecule has 0 radical (unpaired) electrons. The van der Waals surface area contributed by atoms with Gasteiger partial charge in [-0.1, -0.05) is 50.6 Å². The Morgan fingerprint density at radius 3 is 2.11 bits per heavy atom. The molecule has 1 saturated heterocycles. The largest absolute Gasteiger partial charge is 0.480 e. The van der Waals surface area contributed by atoms with E-state index in [0.717, 1.165) is 31.5 Å². The van der Waals surface area contributed by atoms with E-state index in [4.69, 9.17) is 5.11 Å². The molecule has 1 aliphatic heterocycles. The second kappa shape index (κ2) is 14.5. The second-order valence-electron chi connectivity index (χ2n) is 9.74. The van der Waals surface area contributed by atoms with Gasteiger partial charge in [-0.2, -0.15) is 0 Å². The number of likely N-dealkylation sites (tertiary alicyclic amines) is 1. The SMILES string of the molecule is CC(C)C[C@H](NC(=O)[C@H](CCc1ccccc1)NC(=O)CN1CCCCC1)C(=O)N[C@@H](C)C(=O)O. The highest BCUT2D eigenvalue weighted by molar-refractivity contribution is 5.93. The number of nitrogens with one attached hydrogen (secondary N) is 3. The smallest absolute Gasteiger partial charge is 0.325 e. The lowest BCUT2D eigenvalue weighted by molar-refractivity contribution is -0.142. The Morgan fingerprint density at radius 2 is 1.51 bits per heavy atom. The molecule has 35 heavy (non-hydrogen) atoms. The Labute approximate surface area is 208 Å². The van der Waals surface area contributed by atoms with E-state index >= 15 is 0 Å². The number of aliphatic carboxylic acids is 1.